The highest BCUT2D eigenvalue weighted by molar-refractivity contribution is 7.99. The van der Waals surface area contributed by atoms with Gasteiger partial charge in [0.05, 0.1) is 44.4 Å². The molecule has 29 nitrogen and oxygen atoms in total. The third-order valence-electron chi connectivity index (χ3n) is 18.9. The molecule has 32 heteroatoms. The van der Waals surface area contributed by atoms with Crippen LogP contribution < -0.4 is 32.3 Å². The van der Waals surface area contributed by atoms with Crippen molar-refractivity contribution in [2.24, 2.45) is 5.73 Å². The molecule has 7 rings (SSSR count). The molecule has 3 saturated heterocycles. The summed E-state index contributed by atoms with van der Waals surface area (Å²) in [6.07, 6.45) is 2.98. The average molecular weight is 1510 g/mol. The van der Waals surface area contributed by atoms with Gasteiger partial charge in [-0.2, -0.15) is 35.3 Å². The van der Waals surface area contributed by atoms with Crippen molar-refractivity contribution >= 4 is 117 Å². The van der Waals surface area contributed by atoms with E-state index in [1.54, 1.807) is 56.4 Å². The Balaban J connectivity index is 1.14. The molecule has 3 fully saturated rings. The van der Waals surface area contributed by atoms with E-state index in [-0.39, 0.29) is 121 Å². The minimum atomic E-state index is -1.67. The molecule has 0 aliphatic carbocycles. The van der Waals surface area contributed by atoms with Crippen LogP contribution >= 0.6 is 35.3 Å². The Morgan fingerprint density at radius 1 is 0.625 bits per heavy atom. The van der Waals surface area contributed by atoms with Gasteiger partial charge in [-0.25, -0.2) is 4.79 Å². The van der Waals surface area contributed by atoms with Crippen molar-refractivity contribution in [2.45, 2.75) is 163 Å². The predicted molar refractivity (Wildman–Crippen MR) is 396 cm³/mol. The first-order valence-electron chi connectivity index (χ1n) is 35.9. The van der Waals surface area contributed by atoms with Crippen molar-refractivity contribution in [3.63, 3.8) is 0 Å². The van der Waals surface area contributed by atoms with Crippen LogP contribution in [0.15, 0.2) is 60.7 Å². The van der Waals surface area contributed by atoms with Gasteiger partial charge in [0.15, 0.2) is 0 Å². The largest absolute Gasteiger partial charge is 0.480 e. The van der Waals surface area contributed by atoms with Gasteiger partial charge in [0.2, 0.25) is 41.4 Å². The van der Waals surface area contributed by atoms with Gasteiger partial charge in [-0.15, -0.1) is 0 Å². The first kappa shape index (κ1) is 83.8. The zero-order chi connectivity index (χ0) is 75.2. The fourth-order valence-corrected chi connectivity index (χ4v) is 16.4. The van der Waals surface area contributed by atoms with Gasteiger partial charge in [-0.05, 0) is 97.2 Å². The lowest BCUT2D eigenvalue weighted by atomic mass is 9.97. The number of aliphatic hydroxyl groups excluding tert-OH is 1. The van der Waals surface area contributed by atoms with Crippen LogP contribution in [0.1, 0.15) is 113 Å². The van der Waals surface area contributed by atoms with Gasteiger partial charge in [0.1, 0.15) is 36.0 Å². The number of carboxylic acids is 4. The SMILES string of the molecule is CCCCCC(=O)N[C@H]1CSCc2cc(CSCCCC(=O)CN3CCN(CC(=O)O)CCN(CC(=O)O)CCN(CC(=O)O)CC3)cc(c2)CSC[C@@H](C(=O)O)NC(=O)[C@H](Cc2cccc3ccccc23)NC(=O)[C@H](CCC(N)=O)NC(=O)[C@H]([C@@H](C)O)NC(=O)[C@@H]2CCCN2C(=O)[C@@H]2CCCN2C1. The molecule has 0 radical (unpaired) electrons. The number of primary amides is 1. The van der Waals surface area contributed by atoms with Gasteiger partial charge >= 0.3 is 23.9 Å². The number of aliphatic hydroxyl groups is 1. The normalized spacial score (nSPS) is 23.3. The summed E-state index contributed by atoms with van der Waals surface area (Å²) in [6.45, 7) is 5.82. The zero-order valence-electron chi connectivity index (χ0n) is 59.6. The van der Waals surface area contributed by atoms with E-state index in [1.165, 1.54) is 23.6 Å². The summed E-state index contributed by atoms with van der Waals surface area (Å²) in [5.74, 6) is -7.07. The molecule has 0 unspecified atom stereocenters. The maximum Gasteiger partial charge on any atom is 0.327 e. The van der Waals surface area contributed by atoms with E-state index in [0.29, 0.717) is 99.0 Å². The lowest BCUT2D eigenvalue weighted by molar-refractivity contribution is -0.143. The number of aliphatic carboxylic acids is 4. The highest BCUT2D eigenvalue weighted by atomic mass is 32.2. The highest BCUT2D eigenvalue weighted by Crippen LogP contribution is 2.29. The molecule has 8 atom stereocenters. The summed E-state index contributed by atoms with van der Waals surface area (Å²) >= 11 is 4.48. The number of hydrogen-bond acceptors (Lipinski definition) is 21. The molecular formula is C72H104N12O17S3. The van der Waals surface area contributed by atoms with E-state index in [9.17, 15) is 83.1 Å². The minimum Gasteiger partial charge on any atom is -0.480 e. The third kappa shape index (κ3) is 28.1. The average Bonchev–Trinajstić information content (AvgIpc) is 1.13. The first-order valence-corrected chi connectivity index (χ1v) is 39.4. The van der Waals surface area contributed by atoms with Gasteiger partial charge in [0.25, 0.3) is 0 Å². The van der Waals surface area contributed by atoms with Gasteiger partial charge < -0.3 is 62.8 Å². The summed E-state index contributed by atoms with van der Waals surface area (Å²) < 4.78 is 0. The number of Topliss-reactive ketones (excluding diaryl/α,β-unsaturated/α-hetero) is 1. The van der Waals surface area contributed by atoms with Crippen molar-refractivity contribution in [3.05, 3.63) is 82.9 Å². The Labute approximate surface area is 620 Å². The Morgan fingerprint density at radius 2 is 1.20 bits per heavy atom. The number of carbonyl (C=O) groups excluding carboxylic acids is 8. The van der Waals surface area contributed by atoms with E-state index in [1.807, 2.05) is 41.3 Å². The van der Waals surface area contributed by atoms with E-state index in [2.05, 4.69) is 44.5 Å². The van der Waals surface area contributed by atoms with Crippen molar-refractivity contribution in [3.8, 4) is 0 Å². The maximum absolute atomic E-state index is 14.8. The quantitative estimate of drug-likeness (QED) is 0.0511. The lowest BCUT2D eigenvalue weighted by Gasteiger charge is -2.33. The number of nitrogens with two attached hydrogens (primary N) is 1. The van der Waals surface area contributed by atoms with Crippen LogP contribution in [0.25, 0.3) is 10.8 Å². The van der Waals surface area contributed by atoms with Crippen LogP contribution in [0, 0.1) is 0 Å². The van der Waals surface area contributed by atoms with Gasteiger partial charge in [-0.1, -0.05) is 80.4 Å². The smallest absolute Gasteiger partial charge is 0.327 e. The Kier molecular flexibility index (Phi) is 34.9. The van der Waals surface area contributed by atoms with Crippen LogP contribution in [-0.4, -0.2) is 290 Å². The molecule has 2 bridgehead atoms. The minimum absolute atomic E-state index is 0.0467. The molecule has 4 heterocycles. The maximum atomic E-state index is 14.8. The van der Waals surface area contributed by atoms with Crippen molar-refractivity contribution in [1.29, 1.82) is 0 Å². The second kappa shape index (κ2) is 43.3. The molecule has 104 heavy (non-hydrogen) atoms. The number of nitrogens with one attached hydrogen (secondary N) is 5. The van der Waals surface area contributed by atoms with Crippen LogP contribution in [0.5, 0.6) is 0 Å². The van der Waals surface area contributed by atoms with E-state index in [4.69, 9.17) is 5.73 Å². The number of nitrogens with zero attached hydrogens (tertiary/aromatic N) is 6. The Hall–Kier alpha value is -7.43. The monoisotopic (exact) mass is 1500 g/mol. The number of thioether (sulfide) groups is 3. The summed E-state index contributed by atoms with van der Waals surface area (Å²) in [6, 6.07) is 10.6. The topological polar surface area (TPSA) is 412 Å². The Morgan fingerprint density at radius 3 is 1.81 bits per heavy atom. The molecule has 572 valence electrons. The van der Waals surface area contributed by atoms with E-state index < -0.39 is 108 Å². The summed E-state index contributed by atoms with van der Waals surface area (Å²) in [7, 11) is 0. The van der Waals surface area contributed by atoms with Crippen molar-refractivity contribution < 1.29 is 83.1 Å². The molecular weight excluding hydrogens is 1400 g/mol. The van der Waals surface area contributed by atoms with Crippen LogP contribution in [0.3, 0.4) is 0 Å². The predicted octanol–water partition coefficient (Wildman–Crippen LogP) is 1.81. The number of unbranched alkanes of at least 4 members (excludes halogenated alkanes) is 2. The zero-order valence-corrected chi connectivity index (χ0v) is 62.0. The number of rotatable bonds is 26. The van der Waals surface area contributed by atoms with Crippen molar-refractivity contribution in [2.75, 3.05) is 115 Å². The standard InChI is InChI=1S/C72H104N12O17S3/c1-3-4-5-19-62(88)74-53-37-83-22-9-18-60(83)71(99)84-23-10-17-59(84)69(97)78-66(47(2)85)70(98)75-56(20-21-61(73)87)67(95)76-57(36-52-14-8-13-51-12-6-7-16-55(51)52)68(96)77-58(72(100)101)46-104-44-50-34-48(33-49(35-50)43-103-45-53)42-102-32-11-15-54(86)38-79-24-26-80(39-63(89)90)28-30-82(41-65(93)94)31-29-81(27-25-79)40-64(91)92/h6-8,12-14,16,33-35,47,53,56-60,66,85H,3-5,9-11,15,17-32,36-46H2,1-2H3,(H2,73,87)(H,74,88)(H,75,98)(H,76,95)(H,77,96)(H,78,97)(H,89,90)(H,91,92)(H,93,94)(H,100,101)/t47-,53-,56+,57+,58+,59+,60+,66+/m1/s1. The molecule has 7 amide bonds. The fraction of sp³-hybridized carbons (Fsp3) is 0.611. The Bertz CT molecular complexity index is 3410. The molecule has 12 N–H and O–H groups in total. The molecule has 0 saturated carbocycles. The van der Waals surface area contributed by atoms with Crippen LogP contribution in [0.4, 0.5) is 0 Å². The lowest BCUT2D eigenvalue weighted by Crippen LogP contribution is -2.61. The highest BCUT2D eigenvalue weighted by Gasteiger charge is 2.43. The number of benzene rings is 3. The molecule has 0 aromatic heterocycles. The number of ketones is 1. The molecule has 4 aliphatic rings. The van der Waals surface area contributed by atoms with Crippen LogP contribution in [-0.2, 0) is 81.2 Å². The number of carbonyl (C=O) groups is 12. The second-order valence-electron chi connectivity index (χ2n) is 27.3. The summed E-state index contributed by atoms with van der Waals surface area (Å²) in [4.78, 5) is 172. The number of fused-ring (bicyclic) bond motifs is 5. The summed E-state index contributed by atoms with van der Waals surface area (Å²) in [5, 5.41) is 66.2. The molecule has 3 aromatic rings. The fourth-order valence-electron chi connectivity index (χ4n) is 13.5. The molecule has 3 aromatic carbocycles. The van der Waals surface area contributed by atoms with Gasteiger partial charge in [0, 0.05) is 120 Å². The third-order valence-corrected chi connectivity index (χ3v) is 22.3. The number of carboxylic acid groups (broad SMARTS) is 4. The first-order chi connectivity index (χ1) is 49.8. The van der Waals surface area contributed by atoms with E-state index >= 15 is 0 Å². The van der Waals surface area contributed by atoms with Crippen LogP contribution in [0.2, 0.25) is 0 Å². The number of hydrogen-bond donors (Lipinski definition) is 11. The second-order valence-corrected chi connectivity index (χ2v) is 30.5. The molecule has 0 spiro atoms. The van der Waals surface area contributed by atoms with E-state index in [0.717, 1.165) is 40.3 Å². The molecule has 4 aliphatic heterocycles. The summed E-state index contributed by atoms with van der Waals surface area (Å²) in [5.41, 5.74) is 8.93. The van der Waals surface area contributed by atoms with Crippen molar-refractivity contribution in [1.82, 2.24) is 56.0 Å². The van der Waals surface area contributed by atoms with Gasteiger partial charge in [-0.3, -0.25) is 77.2 Å². The number of amides is 7.